The van der Waals surface area contributed by atoms with E-state index < -0.39 is 0 Å². The first-order chi connectivity index (χ1) is 15.5. The summed E-state index contributed by atoms with van der Waals surface area (Å²) in [6.45, 7) is 0.219. The zero-order valence-corrected chi connectivity index (χ0v) is 18.8. The average molecular weight is 462 g/mol. The third-order valence-electron chi connectivity index (χ3n) is 5.52. The van der Waals surface area contributed by atoms with E-state index in [9.17, 15) is 5.11 Å². The summed E-state index contributed by atoms with van der Waals surface area (Å²) in [6.07, 6.45) is 3.64. The van der Waals surface area contributed by atoms with Crippen molar-refractivity contribution in [2.24, 2.45) is 7.05 Å². The first-order valence-corrected chi connectivity index (χ1v) is 11.3. The first kappa shape index (κ1) is 20.5. The van der Waals surface area contributed by atoms with Gasteiger partial charge in [-0.15, -0.1) is 11.3 Å². The number of amidine groups is 1. The van der Waals surface area contributed by atoms with Crippen molar-refractivity contribution in [3.63, 3.8) is 0 Å². The second-order valence-electron chi connectivity index (χ2n) is 7.55. The highest BCUT2D eigenvalue weighted by molar-refractivity contribution is 7.11. The molecular weight excluding hydrogens is 442 g/mol. The van der Waals surface area contributed by atoms with Gasteiger partial charge in [-0.1, -0.05) is 54.1 Å². The molecule has 8 heteroatoms. The minimum atomic E-state index is -0.306. The van der Waals surface area contributed by atoms with Crippen LogP contribution in [0.15, 0.2) is 78.1 Å². The zero-order valence-electron chi connectivity index (χ0n) is 17.2. The summed E-state index contributed by atoms with van der Waals surface area (Å²) in [5.41, 5.74) is 3.19. The Bertz CT molecular complexity index is 1310. The third-order valence-corrected chi connectivity index (χ3v) is 6.63. The van der Waals surface area contributed by atoms with Crippen molar-refractivity contribution in [2.75, 3.05) is 6.54 Å². The number of aryl methyl sites for hydroxylation is 1. The molecular formula is C24H20ClN5OS. The number of aromatic nitrogens is 3. The van der Waals surface area contributed by atoms with Crippen LogP contribution in [0, 0.1) is 5.41 Å². The zero-order chi connectivity index (χ0) is 22.2. The van der Waals surface area contributed by atoms with Crippen LogP contribution >= 0.6 is 22.9 Å². The Balaban J connectivity index is 1.50. The summed E-state index contributed by atoms with van der Waals surface area (Å²) in [5.74, 6) is 1.18. The molecule has 6 nitrogen and oxygen atoms in total. The lowest BCUT2D eigenvalue weighted by molar-refractivity contribution is 0.312. The molecule has 0 fully saturated rings. The molecule has 2 aromatic carbocycles. The Kier molecular flexibility index (Phi) is 5.28. The van der Waals surface area contributed by atoms with E-state index in [4.69, 9.17) is 22.0 Å². The Morgan fingerprint density at radius 2 is 1.88 bits per heavy atom. The Morgan fingerprint density at radius 1 is 1.12 bits per heavy atom. The number of imidazole rings is 1. The number of halogens is 1. The second-order valence-corrected chi connectivity index (χ2v) is 8.85. The van der Waals surface area contributed by atoms with Gasteiger partial charge < -0.3 is 14.6 Å². The molecule has 32 heavy (non-hydrogen) atoms. The van der Waals surface area contributed by atoms with Gasteiger partial charge in [0, 0.05) is 35.4 Å². The summed E-state index contributed by atoms with van der Waals surface area (Å²) < 4.78 is 1.95. The molecule has 1 atom stereocenters. The minimum absolute atomic E-state index is 0.141. The molecule has 0 aliphatic carbocycles. The lowest BCUT2D eigenvalue weighted by Gasteiger charge is -2.29. The van der Waals surface area contributed by atoms with Gasteiger partial charge in [-0.2, -0.15) is 0 Å². The van der Waals surface area contributed by atoms with Crippen molar-refractivity contribution in [3.05, 3.63) is 99.5 Å². The van der Waals surface area contributed by atoms with Gasteiger partial charge in [-0.25, -0.2) is 9.97 Å². The van der Waals surface area contributed by atoms with Gasteiger partial charge in [0.25, 0.3) is 0 Å². The van der Waals surface area contributed by atoms with E-state index in [0.29, 0.717) is 15.6 Å². The maximum atomic E-state index is 10.9. The maximum absolute atomic E-state index is 10.9. The molecule has 1 aliphatic rings. The average Bonchev–Trinajstić information content (AvgIpc) is 3.50. The van der Waals surface area contributed by atoms with Gasteiger partial charge in [0.05, 0.1) is 17.8 Å². The molecule has 0 amide bonds. The van der Waals surface area contributed by atoms with Crippen molar-refractivity contribution >= 4 is 34.3 Å². The van der Waals surface area contributed by atoms with Crippen molar-refractivity contribution in [1.82, 2.24) is 19.4 Å². The third kappa shape index (κ3) is 3.59. The number of hydrogen-bond donors (Lipinski definition) is 2. The quantitative estimate of drug-likeness (QED) is 0.408. The smallest absolute Gasteiger partial charge is 0.135 e. The van der Waals surface area contributed by atoms with Crippen molar-refractivity contribution in [2.45, 2.75) is 6.04 Å². The predicted molar refractivity (Wildman–Crippen MR) is 128 cm³/mol. The van der Waals surface area contributed by atoms with Crippen LogP contribution in [0.4, 0.5) is 0 Å². The van der Waals surface area contributed by atoms with Crippen LogP contribution in [-0.4, -0.2) is 36.9 Å². The van der Waals surface area contributed by atoms with Crippen LogP contribution in [-0.2, 0) is 7.05 Å². The lowest BCUT2D eigenvalue weighted by Crippen LogP contribution is -2.33. The van der Waals surface area contributed by atoms with E-state index in [-0.39, 0.29) is 24.2 Å². The van der Waals surface area contributed by atoms with Crippen molar-refractivity contribution < 1.29 is 5.11 Å². The van der Waals surface area contributed by atoms with Gasteiger partial charge in [0.15, 0.2) is 0 Å². The lowest BCUT2D eigenvalue weighted by atomic mass is 10.0. The fourth-order valence-electron chi connectivity index (χ4n) is 3.93. The number of nitrogens with zero attached hydrogens (tertiary/aromatic N) is 4. The maximum Gasteiger partial charge on any atom is 0.135 e. The summed E-state index contributed by atoms with van der Waals surface area (Å²) in [6, 6.07) is 17.1. The summed E-state index contributed by atoms with van der Waals surface area (Å²) in [4.78, 5) is 11.1. The molecule has 2 N–H and O–H groups in total. The molecule has 0 saturated carbocycles. The molecule has 0 spiro atoms. The molecule has 3 heterocycles. The highest BCUT2D eigenvalue weighted by atomic mass is 35.5. The highest BCUT2D eigenvalue weighted by Crippen LogP contribution is 2.38. The van der Waals surface area contributed by atoms with Crippen molar-refractivity contribution in [3.8, 4) is 11.3 Å². The van der Waals surface area contributed by atoms with Crippen LogP contribution in [0.2, 0.25) is 5.02 Å². The summed E-state index contributed by atoms with van der Waals surface area (Å²) >= 11 is 7.41. The Morgan fingerprint density at radius 3 is 2.56 bits per heavy atom. The van der Waals surface area contributed by atoms with E-state index in [1.165, 1.54) is 11.3 Å². The molecule has 5 rings (SSSR count). The van der Waals surface area contributed by atoms with E-state index >= 15 is 0 Å². The number of aliphatic hydroxyl groups is 1. The number of hydrogen-bond acceptors (Lipinski definition) is 5. The van der Waals surface area contributed by atoms with E-state index in [1.54, 1.807) is 6.20 Å². The molecule has 0 radical (unpaired) electrons. The number of thiazole rings is 1. The molecule has 4 aromatic rings. The largest absolute Gasteiger partial charge is 0.510 e. The fraction of sp³-hybridized carbons (Fsp3) is 0.125. The summed E-state index contributed by atoms with van der Waals surface area (Å²) in [7, 11) is 1.94. The Hall–Kier alpha value is -3.42. The van der Waals surface area contributed by atoms with Gasteiger partial charge in [0.2, 0.25) is 0 Å². The molecule has 1 aliphatic heterocycles. The van der Waals surface area contributed by atoms with Gasteiger partial charge in [-0.3, -0.25) is 5.41 Å². The minimum Gasteiger partial charge on any atom is -0.510 e. The van der Waals surface area contributed by atoms with E-state index in [2.05, 4.69) is 4.98 Å². The normalized spacial score (nSPS) is 14.9. The molecule has 0 saturated heterocycles. The van der Waals surface area contributed by atoms with Crippen LogP contribution in [0.1, 0.15) is 22.4 Å². The number of aliphatic hydroxyl groups excluding tert-OH is 1. The SMILES string of the molecule is Cn1ccnc1[C@@H](c1ccccc1)N1CC(O)=C(c2nc(-c3ccc(Cl)cc3)cs2)C1=N. The van der Waals surface area contributed by atoms with Crippen LogP contribution in [0.5, 0.6) is 0 Å². The number of nitrogens with one attached hydrogen (secondary N) is 1. The monoisotopic (exact) mass is 461 g/mol. The molecule has 0 bridgehead atoms. The highest BCUT2D eigenvalue weighted by Gasteiger charge is 2.37. The predicted octanol–water partition coefficient (Wildman–Crippen LogP) is 5.55. The number of rotatable bonds is 5. The van der Waals surface area contributed by atoms with Crippen LogP contribution < -0.4 is 0 Å². The Labute approximate surface area is 194 Å². The second kappa shape index (κ2) is 8.26. The molecule has 160 valence electrons. The first-order valence-electron chi connectivity index (χ1n) is 10.0. The molecule has 0 unspecified atom stereocenters. The fourth-order valence-corrected chi connectivity index (χ4v) is 4.95. The van der Waals surface area contributed by atoms with Crippen LogP contribution in [0.25, 0.3) is 16.8 Å². The van der Waals surface area contributed by atoms with Crippen molar-refractivity contribution in [1.29, 1.82) is 5.41 Å². The van der Waals surface area contributed by atoms with E-state index in [0.717, 1.165) is 22.6 Å². The topological polar surface area (TPSA) is 78.0 Å². The van der Waals surface area contributed by atoms with Gasteiger partial charge in [-0.05, 0) is 17.7 Å². The van der Waals surface area contributed by atoms with Gasteiger partial charge >= 0.3 is 0 Å². The number of benzene rings is 2. The standard InChI is InChI=1S/C24H20ClN5OS/c1-29-12-11-27-23(29)21(16-5-3-2-4-6-16)30-13-19(31)20(22(30)26)24-28-18(14-32-24)15-7-9-17(25)10-8-15/h2-12,14,21,26,31H,13H2,1H3/t21-/m1/s1. The van der Waals surface area contributed by atoms with E-state index in [1.807, 2.05) is 82.7 Å². The summed E-state index contributed by atoms with van der Waals surface area (Å²) in [5, 5.41) is 23.0. The van der Waals surface area contributed by atoms with Crippen LogP contribution in [0.3, 0.4) is 0 Å². The molecule has 2 aromatic heterocycles. The van der Waals surface area contributed by atoms with Gasteiger partial charge in [0.1, 0.15) is 28.5 Å².